The highest BCUT2D eigenvalue weighted by Gasteiger charge is 2.46. The van der Waals surface area contributed by atoms with Gasteiger partial charge in [-0.3, -0.25) is 4.79 Å². The number of rotatable bonds is 7. The van der Waals surface area contributed by atoms with Crippen molar-refractivity contribution in [2.45, 2.75) is 38.6 Å². The van der Waals surface area contributed by atoms with Gasteiger partial charge < -0.3 is 10.4 Å². The summed E-state index contributed by atoms with van der Waals surface area (Å²) in [6, 6.07) is -0.897. The zero-order valence-electron chi connectivity index (χ0n) is 10.6. The van der Waals surface area contributed by atoms with E-state index in [0.29, 0.717) is 19.3 Å². The lowest BCUT2D eigenvalue weighted by molar-refractivity contribution is -0.142. The van der Waals surface area contributed by atoms with E-state index in [2.05, 4.69) is 5.32 Å². The van der Waals surface area contributed by atoms with Crippen LogP contribution in [0.25, 0.3) is 0 Å². The minimum absolute atomic E-state index is 0.00270. The number of aliphatic carboxylic acids is 1. The van der Waals surface area contributed by atoms with Crippen molar-refractivity contribution in [1.82, 2.24) is 5.32 Å². The molecule has 0 heterocycles. The summed E-state index contributed by atoms with van der Waals surface area (Å²) in [4.78, 5) is 22.5. The van der Waals surface area contributed by atoms with Crippen molar-refractivity contribution in [2.75, 3.05) is 12.0 Å². The summed E-state index contributed by atoms with van der Waals surface area (Å²) in [7, 11) is -3.11. The van der Waals surface area contributed by atoms with Crippen LogP contribution in [0.5, 0.6) is 0 Å². The number of carbonyl (C=O) groups is 2. The van der Waals surface area contributed by atoms with Gasteiger partial charge in [0.25, 0.3) is 0 Å². The van der Waals surface area contributed by atoms with Crippen molar-refractivity contribution in [3.63, 3.8) is 0 Å². The minimum Gasteiger partial charge on any atom is -0.480 e. The highest BCUT2D eigenvalue weighted by atomic mass is 32.2. The van der Waals surface area contributed by atoms with Crippen LogP contribution < -0.4 is 5.32 Å². The second-order valence-corrected chi connectivity index (χ2v) is 7.25. The van der Waals surface area contributed by atoms with Crippen LogP contribution in [0, 0.1) is 5.41 Å². The average Bonchev–Trinajstić information content (AvgIpc) is 2.90. The van der Waals surface area contributed by atoms with Gasteiger partial charge >= 0.3 is 5.97 Å². The molecule has 1 fully saturated rings. The lowest BCUT2D eigenvalue weighted by Gasteiger charge is -2.16. The first-order valence-electron chi connectivity index (χ1n) is 5.87. The van der Waals surface area contributed by atoms with Crippen LogP contribution in [0.15, 0.2) is 0 Å². The van der Waals surface area contributed by atoms with Gasteiger partial charge in [0.05, 0.1) is 5.75 Å². The van der Waals surface area contributed by atoms with Gasteiger partial charge in [-0.15, -0.1) is 0 Å². The van der Waals surface area contributed by atoms with Crippen molar-refractivity contribution >= 4 is 21.7 Å². The molecule has 0 aromatic carbocycles. The molecule has 0 aromatic heterocycles. The number of sulfone groups is 1. The summed E-state index contributed by atoms with van der Waals surface area (Å²) in [6.07, 6.45) is 2.95. The molecule has 104 valence electrons. The highest BCUT2D eigenvalue weighted by molar-refractivity contribution is 7.90. The quantitative estimate of drug-likeness (QED) is 0.691. The standard InChI is InChI=1S/C11H19NO5S/c1-3-8(10(14)15)12-9(13)6-11(4-5-11)7-18(2,16)17/h8H,3-7H2,1-2H3,(H,12,13)(H,14,15). The second kappa shape index (κ2) is 5.26. The van der Waals surface area contributed by atoms with Gasteiger partial charge in [-0.05, 0) is 24.7 Å². The zero-order chi connectivity index (χ0) is 14.0. The van der Waals surface area contributed by atoms with Crippen LogP contribution in [0.1, 0.15) is 32.6 Å². The van der Waals surface area contributed by atoms with E-state index < -0.39 is 27.3 Å². The first-order valence-corrected chi connectivity index (χ1v) is 7.93. The number of nitrogens with one attached hydrogen (secondary N) is 1. The third-order valence-corrected chi connectivity index (χ3v) is 4.24. The Balaban J connectivity index is 2.53. The SMILES string of the molecule is CCC(NC(=O)CC1(CS(C)(=O)=O)CC1)C(=O)O. The van der Waals surface area contributed by atoms with E-state index in [1.807, 2.05) is 0 Å². The Bertz CT molecular complexity index is 438. The van der Waals surface area contributed by atoms with Gasteiger partial charge in [-0.2, -0.15) is 0 Å². The maximum absolute atomic E-state index is 11.7. The van der Waals surface area contributed by atoms with Crippen molar-refractivity contribution in [3.8, 4) is 0 Å². The molecular weight excluding hydrogens is 258 g/mol. The summed E-state index contributed by atoms with van der Waals surface area (Å²) in [5.74, 6) is -1.46. The van der Waals surface area contributed by atoms with Crippen molar-refractivity contribution in [2.24, 2.45) is 5.41 Å². The number of hydrogen-bond donors (Lipinski definition) is 2. The lowest BCUT2D eigenvalue weighted by atomic mass is 10.0. The predicted octanol–water partition coefficient (Wildman–Crippen LogP) is 0.181. The fourth-order valence-electron chi connectivity index (χ4n) is 2.03. The number of carboxylic acids is 1. The van der Waals surface area contributed by atoms with Crippen LogP contribution in [0.2, 0.25) is 0 Å². The third-order valence-electron chi connectivity index (χ3n) is 3.10. The molecule has 0 bridgehead atoms. The first-order chi connectivity index (χ1) is 8.17. The molecule has 7 heteroatoms. The molecule has 2 N–H and O–H groups in total. The molecule has 1 rings (SSSR count). The van der Waals surface area contributed by atoms with Crippen molar-refractivity contribution < 1.29 is 23.1 Å². The summed E-state index contributed by atoms with van der Waals surface area (Å²) in [5, 5.41) is 11.2. The van der Waals surface area contributed by atoms with Gasteiger partial charge in [0.1, 0.15) is 15.9 Å². The van der Waals surface area contributed by atoms with Gasteiger partial charge in [0.15, 0.2) is 0 Å². The zero-order valence-corrected chi connectivity index (χ0v) is 11.4. The molecule has 0 saturated heterocycles. The second-order valence-electron chi connectivity index (χ2n) is 5.11. The van der Waals surface area contributed by atoms with E-state index in [9.17, 15) is 18.0 Å². The molecule has 1 aliphatic rings. The smallest absolute Gasteiger partial charge is 0.326 e. The molecule has 0 radical (unpaired) electrons. The number of hydrogen-bond acceptors (Lipinski definition) is 4. The van der Waals surface area contributed by atoms with E-state index in [-0.39, 0.29) is 18.1 Å². The maximum atomic E-state index is 11.7. The topological polar surface area (TPSA) is 101 Å². The Morgan fingerprint density at radius 1 is 1.39 bits per heavy atom. The van der Waals surface area contributed by atoms with Gasteiger partial charge in [-0.25, -0.2) is 13.2 Å². The Hall–Kier alpha value is -1.11. The molecule has 1 amide bonds. The van der Waals surface area contributed by atoms with Crippen LogP contribution >= 0.6 is 0 Å². The fourth-order valence-corrected chi connectivity index (χ4v) is 3.53. The largest absolute Gasteiger partial charge is 0.480 e. The summed E-state index contributed by atoms with van der Waals surface area (Å²) in [6.45, 7) is 1.67. The molecule has 1 aliphatic carbocycles. The fraction of sp³-hybridized carbons (Fsp3) is 0.818. The van der Waals surface area contributed by atoms with E-state index in [4.69, 9.17) is 5.11 Å². The Morgan fingerprint density at radius 3 is 2.28 bits per heavy atom. The first kappa shape index (κ1) is 14.9. The van der Waals surface area contributed by atoms with Gasteiger partial charge in [0.2, 0.25) is 5.91 Å². The van der Waals surface area contributed by atoms with E-state index in [0.717, 1.165) is 6.26 Å². The average molecular weight is 277 g/mol. The number of carbonyl (C=O) groups excluding carboxylic acids is 1. The van der Waals surface area contributed by atoms with Crippen molar-refractivity contribution in [3.05, 3.63) is 0 Å². The van der Waals surface area contributed by atoms with Gasteiger partial charge in [-0.1, -0.05) is 6.92 Å². The minimum atomic E-state index is -3.11. The maximum Gasteiger partial charge on any atom is 0.326 e. The van der Waals surface area contributed by atoms with Crippen LogP contribution in [0.3, 0.4) is 0 Å². The van der Waals surface area contributed by atoms with E-state index >= 15 is 0 Å². The molecule has 1 atom stereocenters. The Labute approximate surface area is 107 Å². The molecule has 1 saturated carbocycles. The highest BCUT2D eigenvalue weighted by Crippen LogP contribution is 2.49. The van der Waals surface area contributed by atoms with Crippen LogP contribution in [0.4, 0.5) is 0 Å². The molecule has 0 spiro atoms. The molecule has 1 unspecified atom stereocenters. The molecule has 0 aromatic rings. The normalized spacial score (nSPS) is 19.0. The summed E-state index contributed by atoms with van der Waals surface area (Å²) >= 11 is 0. The Morgan fingerprint density at radius 2 is 1.94 bits per heavy atom. The van der Waals surface area contributed by atoms with Crippen LogP contribution in [-0.4, -0.2) is 43.5 Å². The monoisotopic (exact) mass is 277 g/mol. The number of carboxylic acid groups (broad SMARTS) is 1. The summed E-state index contributed by atoms with van der Waals surface area (Å²) < 4.78 is 22.5. The van der Waals surface area contributed by atoms with Crippen LogP contribution in [-0.2, 0) is 19.4 Å². The van der Waals surface area contributed by atoms with Crippen molar-refractivity contribution in [1.29, 1.82) is 0 Å². The molecular formula is C11H19NO5S. The lowest BCUT2D eigenvalue weighted by Crippen LogP contribution is -2.41. The third kappa shape index (κ3) is 4.64. The molecule has 0 aliphatic heterocycles. The number of amides is 1. The van der Waals surface area contributed by atoms with Gasteiger partial charge in [0, 0.05) is 12.7 Å². The van der Waals surface area contributed by atoms with E-state index in [1.54, 1.807) is 6.92 Å². The Kier molecular flexibility index (Phi) is 4.37. The summed E-state index contributed by atoms with van der Waals surface area (Å²) in [5.41, 5.74) is -0.464. The molecule has 18 heavy (non-hydrogen) atoms. The molecule has 6 nitrogen and oxygen atoms in total. The predicted molar refractivity (Wildman–Crippen MR) is 65.9 cm³/mol. The van der Waals surface area contributed by atoms with E-state index in [1.165, 1.54) is 0 Å².